The number of hydrogen-bond acceptors (Lipinski definition) is 2. The van der Waals surface area contributed by atoms with Crippen molar-refractivity contribution in [2.45, 2.75) is 0 Å². The van der Waals surface area contributed by atoms with E-state index in [0.29, 0.717) is 5.88 Å². The first-order valence-electron chi connectivity index (χ1n) is 4.11. The van der Waals surface area contributed by atoms with Crippen molar-refractivity contribution in [3.05, 3.63) is 54.5 Å². The molecule has 0 saturated heterocycles. The SMILES string of the molecule is Fc1ccccc1Oc1cc[c]cn1. The molecule has 0 unspecified atom stereocenters. The van der Waals surface area contributed by atoms with Gasteiger partial charge in [-0.3, -0.25) is 0 Å². The van der Waals surface area contributed by atoms with E-state index in [2.05, 4.69) is 11.1 Å². The molecule has 0 atom stereocenters. The lowest BCUT2D eigenvalue weighted by atomic mass is 10.3. The lowest BCUT2D eigenvalue weighted by Gasteiger charge is -2.03. The van der Waals surface area contributed by atoms with Crippen molar-refractivity contribution in [1.29, 1.82) is 0 Å². The van der Waals surface area contributed by atoms with E-state index in [0.717, 1.165) is 0 Å². The minimum absolute atomic E-state index is 0.172. The summed E-state index contributed by atoms with van der Waals surface area (Å²) in [5.74, 6) is 0.127. The molecular formula is C11H7FNO. The molecule has 0 aliphatic heterocycles. The van der Waals surface area contributed by atoms with Crippen molar-refractivity contribution in [2.75, 3.05) is 0 Å². The number of ether oxygens (including phenoxy) is 1. The summed E-state index contributed by atoms with van der Waals surface area (Å²) in [6.45, 7) is 0. The fraction of sp³-hybridized carbons (Fsp3) is 0. The molecule has 3 heteroatoms. The summed E-state index contributed by atoms with van der Waals surface area (Å²) in [5.41, 5.74) is 0. The van der Waals surface area contributed by atoms with Crippen LogP contribution in [-0.2, 0) is 0 Å². The van der Waals surface area contributed by atoms with E-state index in [1.165, 1.54) is 12.3 Å². The number of aromatic nitrogens is 1. The van der Waals surface area contributed by atoms with Crippen LogP contribution in [0.15, 0.2) is 42.6 Å². The molecule has 0 N–H and O–H groups in total. The second kappa shape index (κ2) is 3.87. The maximum atomic E-state index is 13.1. The third-order valence-corrected chi connectivity index (χ3v) is 1.64. The Morgan fingerprint density at radius 3 is 2.79 bits per heavy atom. The molecule has 1 aromatic heterocycles. The number of pyridine rings is 1. The summed E-state index contributed by atoms with van der Waals surface area (Å²) in [6, 6.07) is 12.2. The highest BCUT2D eigenvalue weighted by molar-refractivity contribution is 5.27. The number of nitrogens with zero attached hydrogens (tertiary/aromatic N) is 1. The van der Waals surface area contributed by atoms with Crippen molar-refractivity contribution < 1.29 is 9.13 Å². The largest absolute Gasteiger partial charge is 0.436 e. The normalized spacial score (nSPS) is 9.79. The second-order valence-electron chi connectivity index (χ2n) is 2.63. The van der Waals surface area contributed by atoms with Crippen molar-refractivity contribution in [3.8, 4) is 11.6 Å². The molecule has 1 radical (unpaired) electrons. The fourth-order valence-corrected chi connectivity index (χ4v) is 1.01. The monoisotopic (exact) mass is 188 g/mol. The van der Waals surface area contributed by atoms with Gasteiger partial charge >= 0.3 is 0 Å². The van der Waals surface area contributed by atoms with Crippen LogP contribution in [0.5, 0.6) is 11.6 Å². The molecule has 1 heterocycles. The van der Waals surface area contributed by atoms with Crippen LogP contribution in [0, 0.1) is 11.9 Å². The van der Waals surface area contributed by atoms with Crippen LogP contribution < -0.4 is 4.74 Å². The Morgan fingerprint density at radius 1 is 1.21 bits per heavy atom. The van der Waals surface area contributed by atoms with Gasteiger partial charge < -0.3 is 4.74 Å². The number of hydrogen-bond donors (Lipinski definition) is 0. The minimum Gasteiger partial charge on any atom is -0.436 e. The number of benzene rings is 1. The van der Waals surface area contributed by atoms with Crippen LogP contribution in [0.4, 0.5) is 4.39 Å². The van der Waals surface area contributed by atoms with E-state index < -0.39 is 5.82 Å². The molecule has 0 spiro atoms. The summed E-state index contributed by atoms with van der Waals surface area (Å²) < 4.78 is 18.3. The maximum Gasteiger partial charge on any atom is 0.219 e. The summed E-state index contributed by atoms with van der Waals surface area (Å²) in [6.07, 6.45) is 1.47. The molecule has 2 rings (SSSR count). The first kappa shape index (κ1) is 8.69. The fourth-order valence-electron chi connectivity index (χ4n) is 1.01. The van der Waals surface area contributed by atoms with Gasteiger partial charge in [-0.15, -0.1) is 0 Å². The van der Waals surface area contributed by atoms with Crippen LogP contribution in [0.2, 0.25) is 0 Å². The Bertz CT molecular complexity index is 417. The maximum absolute atomic E-state index is 13.1. The van der Waals surface area contributed by atoms with Gasteiger partial charge in [-0.25, -0.2) is 9.37 Å². The predicted octanol–water partition coefficient (Wildman–Crippen LogP) is 2.81. The number of para-hydroxylation sites is 1. The van der Waals surface area contributed by atoms with Gasteiger partial charge in [0.1, 0.15) is 0 Å². The van der Waals surface area contributed by atoms with Crippen molar-refractivity contribution in [3.63, 3.8) is 0 Å². The zero-order chi connectivity index (χ0) is 9.80. The van der Waals surface area contributed by atoms with E-state index in [9.17, 15) is 4.39 Å². The van der Waals surface area contributed by atoms with Crippen LogP contribution in [0.3, 0.4) is 0 Å². The van der Waals surface area contributed by atoms with Crippen molar-refractivity contribution >= 4 is 0 Å². The highest BCUT2D eigenvalue weighted by Gasteiger charge is 2.02. The average molecular weight is 188 g/mol. The molecule has 0 amide bonds. The van der Waals surface area contributed by atoms with E-state index in [4.69, 9.17) is 4.74 Å². The first-order chi connectivity index (χ1) is 6.86. The van der Waals surface area contributed by atoms with Gasteiger partial charge in [-0.05, 0) is 18.2 Å². The third kappa shape index (κ3) is 1.88. The van der Waals surface area contributed by atoms with Gasteiger partial charge in [0.05, 0.1) is 0 Å². The van der Waals surface area contributed by atoms with Crippen LogP contribution in [0.25, 0.3) is 0 Å². The van der Waals surface area contributed by atoms with E-state index >= 15 is 0 Å². The zero-order valence-electron chi connectivity index (χ0n) is 7.27. The molecule has 1 aromatic carbocycles. The summed E-state index contributed by atoms with van der Waals surface area (Å²) in [5, 5.41) is 0. The van der Waals surface area contributed by atoms with E-state index in [-0.39, 0.29) is 5.75 Å². The van der Waals surface area contributed by atoms with Gasteiger partial charge in [-0.2, -0.15) is 0 Å². The molecule has 2 aromatic rings. The predicted molar refractivity (Wildman–Crippen MR) is 49.5 cm³/mol. The zero-order valence-corrected chi connectivity index (χ0v) is 7.27. The molecule has 69 valence electrons. The quantitative estimate of drug-likeness (QED) is 0.722. The average Bonchev–Trinajstić information content (AvgIpc) is 2.23. The molecule has 0 bridgehead atoms. The summed E-state index contributed by atoms with van der Waals surface area (Å²) >= 11 is 0. The van der Waals surface area contributed by atoms with Gasteiger partial charge in [0.25, 0.3) is 0 Å². The Kier molecular flexibility index (Phi) is 2.40. The molecular weight excluding hydrogens is 181 g/mol. The third-order valence-electron chi connectivity index (χ3n) is 1.64. The summed E-state index contributed by atoms with van der Waals surface area (Å²) in [4.78, 5) is 3.87. The molecule has 0 aliphatic carbocycles. The molecule has 0 aliphatic rings. The Labute approximate surface area is 81.0 Å². The van der Waals surface area contributed by atoms with Crippen LogP contribution >= 0.6 is 0 Å². The van der Waals surface area contributed by atoms with Gasteiger partial charge in [0.15, 0.2) is 11.6 Å². The van der Waals surface area contributed by atoms with Gasteiger partial charge in [0.2, 0.25) is 5.88 Å². The molecule has 0 saturated carbocycles. The second-order valence-corrected chi connectivity index (χ2v) is 2.63. The Hall–Kier alpha value is -1.90. The Morgan fingerprint density at radius 2 is 2.07 bits per heavy atom. The van der Waals surface area contributed by atoms with E-state index in [1.807, 2.05) is 0 Å². The number of rotatable bonds is 2. The standard InChI is InChI=1S/C11H7FNO/c12-9-5-1-2-6-10(9)14-11-7-3-4-8-13-11/h1-3,5-8H. The minimum atomic E-state index is -0.401. The molecule has 14 heavy (non-hydrogen) atoms. The highest BCUT2D eigenvalue weighted by atomic mass is 19.1. The van der Waals surface area contributed by atoms with Crippen molar-refractivity contribution in [1.82, 2.24) is 4.98 Å². The highest BCUT2D eigenvalue weighted by Crippen LogP contribution is 2.21. The van der Waals surface area contributed by atoms with Crippen LogP contribution in [0.1, 0.15) is 0 Å². The summed E-state index contributed by atoms with van der Waals surface area (Å²) in [7, 11) is 0. The molecule has 0 fully saturated rings. The smallest absolute Gasteiger partial charge is 0.219 e. The topological polar surface area (TPSA) is 22.1 Å². The molecule has 2 nitrogen and oxygen atoms in total. The van der Waals surface area contributed by atoms with E-state index in [1.54, 1.807) is 30.3 Å². The van der Waals surface area contributed by atoms with Gasteiger partial charge in [-0.1, -0.05) is 12.1 Å². The van der Waals surface area contributed by atoms with Gasteiger partial charge in [0, 0.05) is 18.3 Å². The lowest BCUT2D eigenvalue weighted by molar-refractivity contribution is 0.427. The van der Waals surface area contributed by atoms with Crippen molar-refractivity contribution in [2.24, 2.45) is 0 Å². The Balaban J connectivity index is 2.24. The number of halogens is 1. The first-order valence-corrected chi connectivity index (χ1v) is 4.11. The lowest BCUT2D eigenvalue weighted by Crippen LogP contribution is -1.89. The van der Waals surface area contributed by atoms with Crippen LogP contribution in [-0.4, -0.2) is 4.98 Å².